The second kappa shape index (κ2) is 7.92. The highest BCUT2D eigenvalue weighted by atomic mass is 32.2. The van der Waals surface area contributed by atoms with Crippen LogP contribution in [-0.2, 0) is 14.5 Å². The van der Waals surface area contributed by atoms with Crippen LogP contribution in [0.3, 0.4) is 0 Å². The van der Waals surface area contributed by atoms with Crippen molar-refractivity contribution in [1.29, 1.82) is 0 Å². The molecule has 0 bridgehead atoms. The number of nitrogens with zero attached hydrogens (tertiary/aromatic N) is 3. The molecule has 1 spiro atoms. The highest BCUT2D eigenvalue weighted by molar-refractivity contribution is 8.03. The van der Waals surface area contributed by atoms with E-state index in [0.29, 0.717) is 6.67 Å². The third-order valence-electron chi connectivity index (χ3n) is 7.29. The van der Waals surface area contributed by atoms with E-state index >= 15 is 0 Å². The summed E-state index contributed by atoms with van der Waals surface area (Å²) < 4.78 is 0. The number of anilines is 2. The van der Waals surface area contributed by atoms with Crippen LogP contribution in [0, 0.1) is 19.8 Å². The van der Waals surface area contributed by atoms with Crippen molar-refractivity contribution >= 4 is 35.0 Å². The fourth-order valence-corrected chi connectivity index (χ4v) is 6.68. The van der Waals surface area contributed by atoms with Gasteiger partial charge in [-0.3, -0.25) is 24.3 Å². The number of carbonyl (C=O) groups excluding carboxylic acids is 2. The molecular weight excluding hydrogens is 418 g/mol. The van der Waals surface area contributed by atoms with Gasteiger partial charge in [-0.2, -0.15) is 0 Å². The molecule has 2 aromatic rings. The normalized spacial score (nSPS) is 26.4. The van der Waals surface area contributed by atoms with Crippen molar-refractivity contribution in [3.8, 4) is 0 Å². The van der Waals surface area contributed by atoms with E-state index in [9.17, 15) is 9.59 Å². The van der Waals surface area contributed by atoms with Gasteiger partial charge in [-0.15, -0.1) is 11.8 Å². The van der Waals surface area contributed by atoms with Gasteiger partial charge >= 0.3 is 0 Å². The minimum Gasteiger partial charge on any atom is -0.295 e. The minimum atomic E-state index is -1.04. The summed E-state index contributed by atoms with van der Waals surface area (Å²) in [5.74, 6) is 0.733. The number of aryl methyl sites for hydroxylation is 2. The number of para-hydroxylation sites is 1. The zero-order valence-electron chi connectivity index (χ0n) is 19.3. The Bertz CT molecular complexity index is 1080. The predicted molar refractivity (Wildman–Crippen MR) is 131 cm³/mol. The van der Waals surface area contributed by atoms with Crippen LogP contribution >= 0.6 is 11.8 Å². The first-order valence-electron chi connectivity index (χ1n) is 11.6. The maximum Gasteiger partial charge on any atom is 0.269 e. The van der Waals surface area contributed by atoms with Gasteiger partial charge in [-0.25, -0.2) is 0 Å². The molecule has 0 N–H and O–H groups in total. The maximum absolute atomic E-state index is 14.2. The van der Waals surface area contributed by atoms with Crippen molar-refractivity contribution in [2.24, 2.45) is 5.92 Å². The number of benzene rings is 2. The zero-order chi connectivity index (χ0) is 22.6. The van der Waals surface area contributed by atoms with E-state index in [4.69, 9.17) is 0 Å². The predicted octanol–water partition coefficient (Wildman–Crippen LogP) is 4.66. The second-order valence-electron chi connectivity index (χ2n) is 9.54. The molecular formula is C26H31N3O2S. The number of carbonyl (C=O) groups is 2. The van der Waals surface area contributed by atoms with Crippen molar-refractivity contribution in [2.75, 3.05) is 29.6 Å². The van der Waals surface area contributed by atoms with E-state index in [1.165, 1.54) is 17.3 Å². The maximum atomic E-state index is 14.2. The number of rotatable bonds is 3. The van der Waals surface area contributed by atoms with Gasteiger partial charge in [0, 0.05) is 24.3 Å². The van der Waals surface area contributed by atoms with Crippen LogP contribution in [0.5, 0.6) is 0 Å². The summed E-state index contributed by atoms with van der Waals surface area (Å²) in [7, 11) is 0. The van der Waals surface area contributed by atoms with Crippen LogP contribution in [-0.4, -0.2) is 41.7 Å². The molecule has 2 amide bonds. The first-order valence-corrected chi connectivity index (χ1v) is 12.4. The van der Waals surface area contributed by atoms with E-state index in [0.717, 1.165) is 54.4 Å². The van der Waals surface area contributed by atoms with Crippen LogP contribution in [0.1, 0.15) is 43.4 Å². The highest BCUT2D eigenvalue weighted by Gasteiger charge is 2.63. The average molecular weight is 450 g/mol. The molecule has 5 nitrogen and oxygen atoms in total. The molecule has 0 saturated carbocycles. The van der Waals surface area contributed by atoms with E-state index in [-0.39, 0.29) is 17.1 Å². The van der Waals surface area contributed by atoms with E-state index in [1.807, 2.05) is 54.3 Å². The fourth-order valence-electron chi connectivity index (χ4n) is 5.15. The number of hydrogen-bond acceptors (Lipinski definition) is 4. The third kappa shape index (κ3) is 3.19. The summed E-state index contributed by atoms with van der Waals surface area (Å²) in [6, 6.07) is 14.1. The van der Waals surface area contributed by atoms with Gasteiger partial charge in [0.25, 0.3) is 5.91 Å². The Balaban J connectivity index is 1.59. The molecule has 0 radical (unpaired) electrons. The second-order valence-corrected chi connectivity index (χ2v) is 11.1. The molecule has 0 aromatic heterocycles. The van der Waals surface area contributed by atoms with Gasteiger partial charge in [0.15, 0.2) is 0 Å². The Morgan fingerprint density at radius 1 is 1.00 bits per heavy atom. The summed E-state index contributed by atoms with van der Waals surface area (Å²) in [5, 5.41) is -0.288. The van der Waals surface area contributed by atoms with Crippen molar-refractivity contribution in [3.63, 3.8) is 0 Å². The Kier molecular flexibility index (Phi) is 5.33. The first-order chi connectivity index (χ1) is 15.3. The average Bonchev–Trinajstić information content (AvgIpc) is 3.18. The van der Waals surface area contributed by atoms with Gasteiger partial charge in [-0.1, -0.05) is 31.2 Å². The summed E-state index contributed by atoms with van der Waals surface area (Å²) >= 11 is 1.48. The highest BCUT2D eigenvalue weighted by Crippen LogP contribution is 2.57. The molecule has 2 fully saturated rings. The Hall–Kier alpha value is -2.31. The molecule has 3 heterocycles. The molecule has 32 heavy (non-hydrogen) atoms. The third-order valence-corrected chi connectivity index (χ3v) is 8.77. The number of amides is 2. The minimum absolute atomic E-state index is 0.00162. The quantitative estimate of drug-likeness (QED) is 0.684. The van der Waals surface area contributed by atoms with Gasteiger partial charge in [0.2, 0.25) is 10.8 Å². The topological polar surface area (TPSA) is 43.9 Å². The monoisotopic (exact) mass is 449 g/mol. The van der Waals surface area contributed by atoms with Crippen molar-refractivity contribution in [1.82, 2.24) is 4.90 Å². The lowest BCUT2D eigenvalue weighted by molar-refractivity contribution is -0.124. The standard InChI is InChI=1S/C26H31N3O2S/c1-17-11-13-27(14-12-17)16-28-23-8-6-5-7-22(23)26(25(28)31)29(24(30)20(4)32-26)21-10-9-18(2)19(3)15-21/h5-10,15,17,20H,11-14,16H2,1-4H3/t20-,26-/m0/s1. The number of likely N-dealkylation sites (tertiary alicyclic amines) is 1. The summed E-state index contributed by atoms with van der Waals surface area (Å²) in [4.78, 5) is 32.7. The molecule has 0 aliphatic carbocycles. The van der Waals surface area contributed by atoms with Crippen molar-refractivity contribution in [2.45, 2.75) is 50.7 Å². The van der Waals surface area contributed by atoms with Crippen LogP contribution in [0.25, 0.3) is 0 Å². The molecule has 3 aliphatic rings. The zero-order valence-corrected chi connectivity index (χ0v) is 20.1. The largest absolute Gasteiger partial charge is 0.295 e. The van der Waals surface area contributed by atoms with Crippen LogP contribution in [0.4, 0.5) is 11.4 Å². The van der Waals surface area contributed by atoms with E-state index in [1.54, 1.807) is 4.90 Å². The Morgan fingerprint density at radius 2 is 1.72 bits per heavy atom. The molecule has 3 aliphatic heterocycles. The fraction of sp³-hybridized carbons (Fsp3) is 0.462. The van der Waals surface area contributed by atoms with Gasteiger partial charge in [-0.05, 0) is 68.9 Å². The van der Waals surface area contributed by atoms with Gasteiger partial charge < -0.3 is 0 Å². The number of hydrogen-bond donors (Lipinski definition) is 0. The molecule has 5 rings (SSSR count). The summed E-state index contributed by atoms with van der Waals surface area (Å²) in [5.41, 5.74) is 4.95. The lowest BCUT2D eigenvalue weighted by Gasteiger charge is -2.36. The Labute approximate surface area is 194 Å². The summed E-state index contributed by atoms with van der Waals surface area (Å²) in [6.45, 7) is 10.9. The van der Waals surface area contributed by atoms with Crippen molar-refractivity contribution < 1.29 is 9.59 Å². The molecule has 2 aromatic carbocycles. The molecule has 6 heteroatoms. The molecule has 0 unspecified atom stereocenters. The molecule has 2 atom stereocenters. The lowest BCUT2D eigenvalue weighted by atomic mass is 10.00. The summed E-state index contributed by atoms with van der Waals surface area (Å²) in [6.07, 6.45) is 2.32. The van der Waals surface area contributed by atoms with E-state index in [2.05, 4.69) is 25.7 Å². The van der Waals surface area contributed by atoms with Crippen LogP contribution in [0.15, 0.2) is 42.5 Å². The van der Waals surface area contributed by atoms with Crippen LogP contribution < -0.4 is 9.80 Å². The number of thioether (sulfide) groups is 1. The molecule has 2 saturated heterocycles. The Morgan fingerprint density at radius 3 is 2.44 bits per heavy atom. The van der Waals surface area contributed by atoms with Gasteiger partial charge in [0.05, 0.1) is 17.6 Å². The first kappa shape index (κ1) is 21.5. The SMILES string of the molecule is Cc1ccc(N2C(=O)[C@H](C)S[C@@]23C(=O)N(CN2CCC(C)CC2)c2ccccc23)cc1C. The number of fused-ring (bicyclic) bond motifs is 2. The lowest BCUT2D eigenvalue weighted by Crippen LogP contribution is -2.52. The van der Waals surface area contributed by atoms with Crippen LogP contribution in [0.2, 0.25) is 0 Å². The van der Waals surface area contributed by atoms with E-state index < -0.39 is 4.87 Å². The van der Waals surface area contributed by atoms with Gasteiger partial charge in [0.1, 0.15) is 0 Å². The van der Waals surface area contributed by atoms with Crippen molar-refractivity contribution in [3.05, 3.63) is 59.2 Å². The molecule has 168 valence electrons. The number of piperidine rings is 1. The smallest absolute Gasteiger partial charge is 0.269 e.